The molecule has 0 saturated heterocycles. The van der Waals surface area contributed by atoms with Gasteiger partial charge >= 0.3 is 0 Å². The molecular formula is C13H22N2O2S. The van der Waals surface area contributed by atoms with Crippen molar-refractivity contribution in [1.29, 1.82) is 0 Å². The lowest BCUT2D eigenvalue weighted by atomic mass is 10.0. The highest BCUT2D eigenvalue weighted by atomic mass is 32.2. The molecule has 0 heterocycles. The van der Waals surface area contributed by atoms with E-state index in [1.165, 1.54) is 0 Å². The highest BCUT2D eigenvalue weighted by Crippen LogP contribution is 2.25. The van der Waals surface area contributed by atoms with Gasteiger partial charge in [0, 0.05) is 6.54 Å². The predicted octanol–water partition coefficient (Wildman–Crippen LogP) is 1.55. The Balaban J connectivity index is 3.24. The number of nitrogens with two attached hydrogens (primary N) is 1. The van der Waals surface area contributed by atoms with Crippen molar-refractivity contribution in [2.45, 2.75) is 39.0 Å². The number of aryl methyl sites for hydroxylation is 2. The molecule has 0 fully saturated rings. The molecule has 18 heavy (non-hydrogen) atoms. The maximum Gasteiger partial charge on any atom is 0.241 e. The quantitative estimate of drug-likeness (QED) is 0.797. The summed E-state index contributed by atoms with van der Waals surface area (Å²) in [5.41, 5.74) is 9.00. The Morgan fingerprint density at radius 3 is 2.06 bits per heavy atom. The van der Waals surface area contributed by atoms with E-state index in [4.69, 9.17) is 5.73 Å². The maximum atomic E-state index is 12.3. The van der Waals surface area contributed by atoms with Crippen LogP contribution in [0.5, 0.6) is 0 Å². The summed E-state index contributed by atoms with van der Waals surface area (Å²) in [4.78, 5) is 0.414. The number of rotatable bonds is 5. The van der Waals surface area contributed by atoms with Crippen LogP contribution in [0.15, 0.2) is 11.0 Å². The van der Waals surface area contributed by atoms with Crippen LogP contribution in [-0.4, -0.2) is 21.5 Å². The predicted molar refractivity (Wildman–Crippen MR) is 74.2 cm³/mol. The van der Waals surface area contributed by atoms with E-state index in [0.717, 1.165) is 22.3 Å². The van der Waals surface area contributed by atoms with Gasteiger partial charge in [-0.15, -0.1) is 0 Å². The molecule has 102 valence electrons. The Bertz CT molecular complexity index is 510. The first-order valence-corrected chi connectivity index (χ1v) is 7.56. The SMILES string of the molecule is Cc1cc(C)c(C)c(S(=O)(=O)NCCCN)c1C. The largest absolute Gasteiger partial charge is 0.330 e. The maximum absolute atomic E-state index is 12.3. The van der Waals surface area contributed by atoms with E-state index < -0.39 is 10.0 Å². The second-order valence-electron chi connectivity index (χ2n) is 4.63. The Morgan fingerprint density at radius 1 is 1.11 bits per heavy atom. The van der Waals surface area contributed by atoms with Gasteiger partial charge < -0.3 is 5.73 Å². The molecule has 4 nitrogen and oxygen atoms in total. The van der Waals surface area contributed by atoms with Crippen LogP contribution in [0.2, 0.25) is 0 Å². The van der Waals surface area contributed by atoms with Crippen molar-refractivity contribution < 1.29 is 8.42 Å². The van der Waals surface area contributed by atoms with Crippen molar-refractivity contribution in [3.8, 4) is 0 Å². The third-order valence-corrected chi connectivity index (χ3v) is 4.97. The van der Waals surface area contributed by atoms with Crippen LogP contribution in [0.3, 0.4) is 0 Å². The standard InChI is InChI=1S/C13H22N2O2S/c1-9-8-10(2)12(4)13(11(9)3)18(16,17)15-7-5-6-14/h8,15H,5-7,14H2,1-4H3. The summed E-state index contributed by atoms with van der Waals surface area (Å²) in [6.45, 7) is 8.41. The molecule has 5 heteroatoms. The van der Waals surface area contributed by atoms with Gasteiger partial charge in [0.2, 0.25) is 10.0 Å². The second-order valence-corrected chi connectivity index (χ2v) is 6.33. The third kappa shape index (κ3) is 3.10. The monoisotopic (exact) mass is 270 g/mol. The fourth-order valence-corrected chi connectivity index (χ4v) is 3.65. The van der Waals surface area contributed by atoms with E-state index in [1.807, 2.05) is 33.8 Å². The van der Waals surface area contributed by atoms with Crippen LogP contribution in [0.1, 0.15) is 28.7 Å². The van der Waals surface area contributed by atoms with Crippen LogP contribution < -0.4 is 10.5 Å². The number of benzene rings is 1. The van der Waals surface area contributed by atoms with Crippen LogP contribution >= 0.6 is 0 Å². The molecule has 0 atom stereocenters. The van der Waals surface area contributed by atoms with Crippen molar-refractivity contribution in [3.63, 3.8) is 0 Å². The fraction of sp³-hybridized carbons (Fsp3) is 0.538. The minimum Gasteiger partial charge on any atom is -0.330 e. The summed E-state index contributed by atoms with van der Waals surface area (Å²) < 4.78 is 27.2. The van der Waals surface area contributed by atoms with Crippen molar-refractivity contribution in [3.05, 3.63) is 28.3 Å². The summed E-state index contributed by atoms with van der Waals surface area (Å²) in [6, 6.07) is 2.02. The van der Waals surface area contributed by atoms with Gasteiger partial charge in [0.25, 0.3) is 0 Å². The summed E-state index contributed by atoms with van der Waals surface area (Å²) in [6.07, 6.45) is 0.641. The number of hydrogen-bond donors (Lipinski definition) is 2. The molecule has 0 saturated carbocycles. The van der Waals surface area contributed by atoms with Crippen molar-refractivity contribution >= 4 is 10.0 Å². The molecule has 0 unspecified atom stereocenters. The van der Waals surface area contributed by atoms with E-state index in [1.54, 1.807) is 0 Å². The summed E-state index contributed by atoms with van der Waals surface area (Å²) in [5, 5.41) is 0. The summed E-state index contributed by atoms with van der Waals surface area (Å²) in [7, 11) is -3.44. The van der Waals surface area contributed by atoms with E-state index in [-0.39, 0.29) is 0 Å². The Kier molecular flexibility index (Phi) is 4.90. The molecule has 1 aromatic carbocycles. The minimum absolute atomic E-state index is 0.380. The molecule has 0 amide bonds. The van der Waals surface area contributed by atoms with E-state index in [0.29, 0.717) is 24.4 Å². The zero-order valence-corrected chi connectivity index (χ0v) is 12.3. The van der Waals surface area contributed by atoms with Crippen LogP contribution in [0.25, 0.3) is 0 Å². The average Bonchev–Trinajstić information content (AvgIpc) is 2.26. The van der Waals surface area contributed by atoms with Gasteiger partial charge in [0.1, 0.15) is 0 Å². The normalized spacial score (nSPS) is 11.8. The van der Waals surface area contributed by atoms with Gasteiger partial charge in [-0.2, -0.15) is 0 Å². The van der Waals surface area contributed by atoms with Crippen molar-refractivity contribution in [1.82, 2.24) is 4.72 Å². The smallest absolute Gasteiger partial charge is 0.241 e. The zero-order valence-electron chi connectivity index (χ0n) is 11.5. The molecule has 0 aliphatic carbocycles. The lowest BCUT2D eigenvalue weighted by Gasteiger charge is -2.16. The van der Waals surface area contributed by atoms with Crippen LogP contribution in [0.4, 0.5) is 0 Å². The van der Waals surface area contributed by atoms with Gasteiger partial charge in [-0.3, -0.25) is 0 Å². The van der Waals surface area contributed by atoms with E-state index >= 15 is 0 Å². The Morgan fingerprint density at radius 2 is 1.61 bits per heavy atom. The van der Waals surface area contributed by atoms with E-state index in [2.05, 4.69) is 4.72 Å². The first-order valence-electron chi connectivity index (χ1n) is 6.08. The van der Waals surface area contributed by atoms with Gasteiger partial charge in [-0.25, -0.2) is 13.1 Å². The van der Waals surface area contributed by atoms with E-state index in [9.17, 15) is 8.42 Å². The van der Waals surface area contributed by atoms with Crippen LogP contribution in [0, 0.1) is 27.7 Å². The summed E-state index contributed by atoms with van der Waals surface area (Å²) >= 11 is 0. The minimum atomic E-state index is -3.44. The highest BCUT2D eigenvalue weighted by Gasteiger charge is 2.21. The van der Waals surface area contributed by atoms with Gasteiger partial charge in [0.05, 0.1) is 4.90 Å². The number of sulfonamides is 1. The molecule has 0 radical (unpaired) electrons. The zero-order chi connectivity index (χ0) is 13.9. The topological polar surface area (TPSA) is 72.2 Å². The molecule has 0 aliphatic rings. The highest BCUT2D eigenvalue weighted by molar-refractivity contribution is 7.89. The Labute approximate surface area is 110 Å². The van der Waals surface area contributed by atoms with Crippen LogP contribution in [-0.2, 0) is 10.0 Å². The lowest BCUT2D eigenvalue weighted by molar-refractivity contribution is 0.578. The Hall–Kier alpha value is -0.910. The molecule has 0 spiro atoms. The number of hydrogen-bond acceptors (Lipinski definition) is 3. The molecule has 3 N–H and O–H groups in total. The fourth-order valence-electron chi connectivity index (χ4n) is 1.96. The van der Waals surface area contributed by atoms with Gasteiger partial charge in [0.15, 0.2) is 0 Å². The molecule has 0 aliphatic heterocycles. The number of nitrogens with one attached hydrogen (secondary N) is 1. The lowest BCUT2D eigenvalue weighted by Crippen LogP contribution is -2.28. The first kappa shape index (κ1) is 15.1. The van der Waals surface area contributed by atoms with Crippen molar-refractivity contribution in [2.24, 2.45) is 5.73 Å². The molecule has 0 bridgehead atoms. The summed E-state index contributed by atoms with van der Waals surface area (Å²) in [5.74, 6) is 0. The first-order chi connectivity index (χ1) is 8.31. The molecule has 1 aromatic rings. The van der Waals surface area contributed by atoms with Crippen molar-refractivity contribution in [2.75, 3.05) is 13.1 Å². The third-order valence-electron chi connectivity index (χ3n) is 3.24. The molecule has 1 rings (SSSR count). The molecule has 0 aromatic heterocycles. The van der Waals surface area contributed by atoms with Gasteiger partial charge in [-0.05, 0) is 62.9 Å². The van der Waals surface area contributed by atoms with Gasteiger partial charge in [-0.1, -0.05) is 6.07 Å². The average molecular weight is 270 g/mol. The molecular weight excluding hydrogens is 248 g/mol. The second kappa shape index (κ2) is 5.82.